The van der Waals surface area contributed by atoms with Gasteiger partial charge in [0.05, 0.1) is 5.75 Å². The molecule has 4 nitrogen and oxygen atoms in total. The second-order valence-corrected chi connectivity index (χ2v) is 6.10. The van der Waals surface area contributed by atoms with Crippen molar-refractivity contribution in [3.05, 3.63) is 23.8 Å². The van der Waals surface area contributed by atoms with Crippen LogP contribution in [0, 0.1) is 6.92 Å². The van der Waals surface area contributed by atoms with Crippen molar-refractivity contribution in [2.45, 2.75) is 25.0 Å². The van der Waals surface area contributed by atoms with E-state index in [-0.39, 0.29) is 11.7 Å². The highest BCUT2D eigenvalue weighted by Crippen LogP contribution is 2.22. The molecule has 3 N–H and O–H groups in total. The van der Waals surface area contributed by atoms with Crippen LogP contribution in [0.2, 0.25) is 0 Å². The molecule has 0 atom stereocenters. The summed E-state index contributed by atoms with van der Waals surface area (Å²) in [7, 11) is 0. The highest BCUT2D eigenvalue weighted by molar-refractivity contribution is 8.00. The first-order valence-electron chi connectivity index (χ1n) is 6.57. The van der Waals surface area contributed by atoms with Crippen molar-refractivity contribution in [2.24, 2.45) is 0 Å². The number of carbonyl (C=O) groups excluding carboxylic acids is 1. The summed E-state index contributed by atoms with van der Waals surface area (Å²) >= 11 is 1.73. The van der Waals surface area contributed by atoms with Crippen LogP contribution >= 0.6 is 11.8 Å². The largest absolute Gasteiger partial charge is 0.508 e. The van der Waals surface area contributed by atoms with E-state index in [0.717, 1.165) is 37.2 Å². The Balaban J connectivity index is 1.78. The van der Waals surface area contributed by atoms with Gasteiger partial charge in [-0.15, -0.1) is 11.8 Å². The number of carbonyl (C=O) groups is 1. The molecule has 19 heavy (non-hydrogen) atoms. The van der Waals surface area contributed by atoms with Gasteiger partial charge in [-0.1, -0.05) is 0 Å². The lowest BCUT2D eigenvalue weighted by Gasteiger charge is -2.21. The smallest absolute Gasteiger partial charge is 0.234 e. The molecule has 0 aromatic heterocycles. The van der Waals surface area contributed by atoms with E-state index in [9.17, 15) is 9.90 Å². The van der Waals surface area contributed by atoms with Gasteiger partial charge >= 0.3 is 0 Å². The van der Waals surface area contributed by atoms with Crippen LogP contribution in [0.25, 0.3) is 0 Å². The summed E-state index contributed by atoms with van der Waals surface area (Å²) in [5, 5.41) is 16.2. The molecule has 0 bridgehead atoms. The Morgan fingerprint density at radius 3 is 2.89 bits per heavy atom. The van der Waals surface area contributed by atoms with Gasteiger partial charge in [0.15, 0.2) is 0 Å². The van der Waals surface area contributed by atoms with Gasteiger partial charge in [-0.2, -0.15) is 0 Å². The number of rotatable bonds is 4. The molecule has 1 heterocycles. The van der Waals surface area contributed by atoms with Crippen molar-refractivity contribution in [2.75, 3.05) is 24.2 Å². The maximum Gasteiger partial charge on any atom is 0.234 e. The Morgan fingerprint density at radius 1 is 1.47 bits per heavy atom. The number of phenols is 1. The van der Waals surface area contributed by atoms with Crippen LogP contribution < -0.4 is 10.6 Å². The van der Waals surface area contributed by atoms with Crippen LogP contribution in [-0.4, -0.2) is 35.1 Å². The van der Waals surface area contributed by atoms with Crippen LogP contribution in [-0.2, 0) is 4.79 Å². The van der Waals surface area contributed by atoms with Crippen molar-refractivity contribution < 1.29 is 9.90 Å². The maximum atomic E-state index is 11.8. The minimum Gasteiger partial charge on any atom is -0.508 e. The van der Waals surface area contributed by atoms with Crippen LogP contribution in [0.3, 0.4) is 0 Å². The Bertz CT molecular complexity index is 445. The predicted octanol–water partition coefficient (Wildman–Crippen LogP) is 2.12. The van der Waals surface area contributed by atoms with Crippen LogP contribution in [0.15, 0.2) is 18.2 Å². The SMILES string of the molecule is Cc1cc(NC(=O)CSC2CCNCC2)ccc1O. The number of amides is 1. The number of aryl methyl sites for hydroxylation is 1. The van der Waals surface area contributed by atoms with E-state index in [4.69, 9.17) is 0 Å². The van der Waals surface area contributed by atoms with E-state index >= 15 is 0 Å². The summed E-state index contributed by atoms with van der Waals surface area (Å²) in [4.78, 5) is 11.8. The fourth-order valence-corrected chi connectivity index (χ4v) is 3.11. The summed E-state index contributed by atoms with van der Waals surface area (Å²) in [5.74, 6) is 0.764. The molecule has 0 saturated carbocycles. The van der Waals surface area contributed by atoms with Crippen LogP contribution in [0.1, 0.15) is 18.4 Å². The normalized spacial score (nSPS) is 16.3. The quantitative estimate of drug-likeness (QED) is 0.739. The molecule has 104 valence electrons. The molecule has 0 spiro atoms. The highest BCUT2D eigenvalue weighted by Gasteiger charge is 2.15. The van der Waals surface area contributed by atoms with Gasteiger partial charge in [0.1, 0.15) is 5.75 Å². The summed E-state index contributed by atoms with van der Waals surface area (Å²) in [5.41, 5.74) is 1.51. The van der Waals surface area contributed by atoms with Gasteiger partial charge < -0.3 is 15.7 Å². The van der Waals surface area contributed by atoms with Crippen molar-refractivity contribution in [1.82, 2.24) is 5.32 Å². The number of hydrogen-bond acceptors (Lipinski definition) is 4. The number of thioether (sulfide) groups is 1. The number of piperidine rings is 1. The Kier molecular flexibility index (Phi) is 5.10. The van der Waals surface area contributed by atoms with E-state index in [1.807, 2.05) is 6.92 Å². The number of aromatic hydroxyl groups is 1. The van der Waals surface area contributed by atoms with Crippen LogP contribution in [0.5, 0.6) is 5.75 Å². The third kappa shape index (κ3) is 4.44. The lowest BCUT2D eigenvalue weighted by atomic mass is 10.2. The molecule has 0 aliphatic carbocycles. The van der Waals surface area contributed by atoms with E-state index in [2.05, 4.69) is 10.6 Å². The first-order valence-corrected chi connectivity index (χ1v) is 7.62. The summed E-state index contributed by atoms with van der Waals surface area (Å²) in [6.07, 6.45) is 2.27. The zero-order chi connectivity index (χ0) is 13.7. The van der Waals surface area contributed by atoms with Crippen LogP contribution in [0.4, 0.5) is 5.69 Å². The summed E-state index contributed by atoms with van der Waals surface area (Å²) in [6, 6.07) is 5.10. The molecule has 1 saturated heterocycles. The summed E-state index contributed by atoms with van der Waals surface area (Å²) < 4.78 is 0. The first kappa shape index (κ1) is 14.2. The Labute approximate surface area is 118 Å². The number of hydrogen-bond donors (Lipinski definition) is 3. The van der Waals surface area contributed by atoms with Crippen molar-refractivity contribution in [3.63, 3.8) is 0 Å². The highest BCUT2D eigenvalue weighted by atomic mass is 32.2. The summed E-state index contributed by atoms with van der Waals surface area (Å²) in [6.45, 7) is 3.92. The standard InChI is InChI=1S/C14H20N2O2S/c1-10-8-11(2-3-13(10)17)16-14(18)9-19-12-4-6-15-7-5-12/h2-3,8,12,15,17H,4-7,9H2,1H3,(H,16,18). The average molecular weight is 280 g/mol. The number of nitrogens with one attached hydrogen (secondary N) is 2. The maximum absolute atomic E-state index is 11.8. The topological polar surface area (TPSA) is 61.4 Å². The lowest BCUT2D eigenvalue weighted by molar-refractivity contribution is -0.113. The van der Waals surface area contributed by atoms with Gasteiger partial charge in [0.25, 0.3) is 0 Å². The van der Waals surface area contributed by atoms with E-state index in [0.29, 0.717) is 11.0 Å². The van der Waals surface area contributed by atoms with Crippen molar-refractivity contribution in [3.8, 4) is 5.75 Å². The van der Waals surface area contributed by atoms with E-state index in [1.165, 1.54) is 0 Å². The molecule has 5 heteroatoms. The molecular weight excluding hydrogens is 260 g/mol. The van der Waals surface area contributed by atoms with E-state index < -0.39 is 0 Å². The molecule has 0 radical (unpaired) electrons. The molecule has 1 aromatic carbocycles. The Hall–Kier alpha value is -1.20. The monoisotopic (exact) mass is 280 g/mol. The molecule has 1 aliphatic rings. The second kappa shape index (κ2) is 6.82. The third-order valence-corrected chi connectivity index (χ3v) is 4.59. The molecule has 1 aliphatic heterocycles. The third-order valence-electron chi connectivity index (χ3n) is 3.22. The number of anilines is 1. The van der Waals surface area contributed by atoms with Gasteiger partial charge in [-0.3, -0.25) is 4.79 Å². The fourth-order valence-electron chi connectivity index (χ4n) is 2.09. The zero-order valence-corrected chi connectivity index (χ0v) is 11.9. The van der Waals surface area contributed by atoms with Gasteiger partial charge in [0, 0.05) is 10.9 Å². The van der Waals surface area contributed by atoms with Gasteiger partial charge in [0.2, 0.25) is 5.91 Å². The zero-order valence-electron chi connectivity index (χ0n) is 11.1. The second-order valence-electron chi connectivity index (χ2n) is 4.81. The number of benzene rings is 1. The fraction of sp³-hybridized carbons (Fsp3) is 0.500. The predicted molar refractivity (Wildman–Crippen MR) is 79.8 cm³/mol. The van der Waals surface area contributed by atoms with Gasteiger partial charge in [-0.25, -0.2) is 0 Å². The average Bonchev–Trinajstić information content (AvgIpc) is 2.42. The lowest BCUT2D eigenvalue weighted by Crippen LogP contribution is -2.30. The number of phenolic OH excluding ortho intramolecular Hbond substituents is 1. The Morgan fingerprint density at radius 2 is 2.21 bits per heavy atom. The van der Waals surface area contributed by atoms with E-state index in [1.54, 1.807) is 30.0 Å². The molecule has 0 unspecified atom stereocenters. The molecule has 1 aromatic rings. The molecule has 1 fully saturated rings. The van der Waals surface area contributed by atoms with Gasteiger partial charge in [-0.05, 0) is 56.6 Å². The minimum absolute atomic E-state index is 0.0219. The molecular formula is C14H20N2O2S. The first-order chi connectivity index (χ1) is 9.15. The minimum atomic E-state index is 0.0219. The molecule has 2 rings (SSSR count). The molecule has 1 amide bonds. The van der Waals surface area contributed by atoms with Crippen molar-refractivity contribution >= 4 is 23.4 Å². The van der Waals surface area contributed by atoms with Crippen molar-refractivity contribution in [1.29, 1.82) is 0 Å².